The molecule has 4 rings (SSSR count). The van der Waals surface area contributed by atoms with Gasteiger partial charge in [-0.15, -0.1) is 0 Å². The fourth-order valence-electron chi connectivity index (χ4n) is 2.73. The first-order valence-electron chi connectivity index (χ1n) is 7.02. The second-order valence-electron chi connectivity index (χ2n) is 5.05. The predicted octanol–water partition coefficient (Wildman–Crippen LogP) is 2.55. The van der Waals surface area contributed by atoms with Crippen LogP contribution in [-0.4, -0.2) is 34.6 Å². The van der Waals surface area contributed by atoms with E-state index >= 15 is 0 Å². The number of H-pyrrole nitrogens is 1. The molecule has 1 saturated heterocycles. The van der Waals surface area contributed by atoms with E-state index in [9.17, 15) is 0 Å². The van der Waals surface area contributed by atoms with Crippen LogP contribution in [0.3, 0.4) is 0 Å². The summed E-state index contributed by atoms with van der Waals surface area (Å²) in [4.78, 5) is 0. The Morgan fingerprint density at radius 2 is 2.05 bits per heavy atom. The van der Waals surface area contributed by atoms with Crippen LogP contribution in [0.5, 0.6) is 11.5 Å². The molecule has 2 aliphatic heterocycles. The lowest BCUT2D eigenvalue weighted by atomic mass is 10.2. The van der Waals surface area contributed by atoms with Gasteiger partial charge in [0.25, 0.3) is 0 Å². The van der Waals surface area contributed by atoms with E-state index in [4.69, 9.17) is 26.4 Å². The van der Waals surface area contributed by atoms with Gasteiger partial charge in [0.05, 0.1) is 5.69 Å². The van der Waals surface area contributed by atoms with Gasteiger partial charge in [-0.1, -0.05) is 0 Å². The molecule has 7 heteroatoms. The number of hydrogen-bond donors (Lipinski definition) is 1. The number of nitrogens with zero attached hydrogens (tertiary/aromatic N) is 2. The number of aromatic nitrogens is 3. The van der Waals surface area contributed by atoms with Gasteiger partial charge in [0.2, 0.25) is 0 Å². The molecule has 1 fully saturated rings. The average Bonchev–Trinajstić information content (AvgIpc) is 3.16. The Morgan fingerprint density at radius 3 is 2.86 bits per heavy atom. The Bertz CT molecular complexity index is 718. The summed E-state index contributed by atoms with van der Waals surface area (Å²) in [7, 11) is 0. The second-order valence-corrected chi connectivity index (χ2v) is 5.44. The maximum atomic E-state index is 5.72. The van der Waals surface area contributed by atoms with Crippen LogP contribution < -0.4 is 9.47 Å². The third-order valence-electron chi connectivity index (χ3n) is 3.70. The van der Waals surface area contributed by atoms with Crippen molar-refractivity contribution in [3.05, 3.63) is 28.8 Å². The van der Waals surface area contributed by atoms with Crippen LogP contribution in [0.4, 0.5) is 0 Å². The smallest absolute Gasteiger partial charge is 0.199 e. The van der Waals surface area contributed by atoms with Crippen molar-refractivity contribution in [3.8, 4) is 17.2 Å². The molecule has 21 heavy (non-hydrogen) atoms. The van der Waals surface area contributed by atoms with E-state index in [-0.39, 0.29) is 6.10 Å². The predicted molar refractivity (Wildman–Crippen MR) is 77.7 cm³/mol. The van der Waals surface area contributed by atoms with Crippen molar-refractivity contribution < 1.29 is 14.2 Å². The van der Waals surface area contributed by atoms with E-state index in [1.165, 1.54) is 0 Å². The number of nitrogens with one attached hydrogen (secondary N) is 1. The Balaban J connectivity index is 1.79. The van der Waals surface area contributed by atoms with Gasteiger partial charge in [0.1, 0.15) is 19.3 Å². The topological polar surface area (TPSA) is 61.3 Å². The minimum Gasteiger partial charge on any atom is -0.486 e. The van der Waals surface area contributed by atoms with Crippen molar-refractivity contribution in [2.45, 2.75) is 18.9 Å². The molecule has 3 heterocycles. The third kappa shape index (κ3) is 2.22. The van der Waals surface area contributed by atoms with Crippen molar-refractivity contribution in [1.82, 2.24) is 14.8 Å². The van der Waals surface area contributed by atoms with Crippen LogP contribution in [-0.2, 0) is 4.74 Å². The first-order valence-corrected chi connectivity index (χ1v) is 7.43. The van der Waals surface area contributed by atoms with Crippen LogP contribution in [0.2, 0.25) is 0 Å². The SMILES string of the molecule is S=c1[nH]nc([C@@H]2CCCO2)n1-c1ccc2c(c1)OCCO2. The normalized spacial score (nSPS) is 20.7. The molecule has 0 spiro atoms. The van der Waals surface area contributed by atoms with Crippen LogP contribution >= 0.6 is 12.2 Å². The molecule has 6 nitrogen and oxygen atoms in total. The average molecular weight is 305 g/mol. The van der Waals surface area contributed by atoms with Gasteiger partial charge >= 0.3 is 0 Å². The molecule has 2 aliphatic rings. The summed E-state index contributed by atoms with van der Waals surface area (Å²) < 4.78 is 19.4. The minimum atomic E-state index is -0.00819. The number of ether oxygens (including phenoxy) is 3. The number of benzene rings is 1. The molecule has 0 saturated carbocycles. The molecule has 1 aromatic heterocycles. The summed E-state index contributed by atoms with van der Waals surface area (Å²) in [6, 6.07) is 5.79. The molecule has 0 bridgehead atoms. The van der Waals surface area contributed by atoms with Gasteiger partial charge < -0.3 is 14.2 Å². The maximum Gasteiger partial charge on any atom is 0.199 e. The maximum absolute atomic E-state index is 5.72. The van der Waals surface area contributed by atoms with E-state index in [2.05, 4.69) is 10.2 Å². The van der Waals surface area contributed by atoms with E-state index in [0.717, 1.165) is 42.5 Å². The lowest BCUT2D eigenvalue weighted by Gasteiger charge is -2.19. The lowest BCUT2D eigenvalue weighted by Crippen LogP contribution is -2.15. The Labute approximate surface area is 126 Å². The van der Waals surface area contributed by atoms with Gasteiger partial charge in [-0.3, -0.25) is 9.67 Å². The highest BCUT2D eigenvalue weighted by atomic mass is 32.1. The summed E-state index contributed by atoms with van der Waals surface area (Å²) in [5.74, 6) is 2.31. The molecule has 1 aromatic carbocycles. The van der Waals surface area contributed by atoms with Crippen molar-refractivity contribution in [3.63, 3.8) is 0 Å². The quantitative estimate of drug-likeness (QED) is 0.864. The fraction of sp³-hybridized carbons (Fsp3) is 0.429. The third-order valence-corrected chi connectivity index (χ3v) is 3.97. The zero-order valence-corrected chi connectivity index (χ0v) is 12.2. The van der Waals surface area contributed by atoms with Gasteiger partial charge in [0, 0.05) is 12.7 Å². The van der Waals surface area contributed by atoms with Gasteiger partial charge in [-0.25, -0.2) is 0 Å². The highest BCUT2D eigenvalue weighted by Gasteiger charge is 2.24. The van der Waals surface area contributed by atoms with E-state index in [1.54, 1.807) is 0 Å². The molecular formula is C14H15N3O3S. The summed E-state index contributed by atoms with van der Waals surface area (Å²) >= 11 is 5.36. The van der Waals surface area contributed by atoms with Crippen molar-refractivity contribution in [2.75, 3.05) is 19.8 Å². The molecule has 0 amide bonds. The molecule has 0 unspecified atom stereocenters. The molecule has 1 N–H and O–H groups in total. The standard InChI is InChI=1S/C14H15N3O3S/c21-14-16-15-13(11-2-1-5-18-11)17(14)9-3-4-10-12(8-9)20-7-6-19-10/h3-4,8,11H,1-2,5-7H2,(H,16,21)/t11-/m0/s1. The van der Waals surface area contributed by atoms with E-state index < -0.39 is 0 Å². The number of rotatable bonds is 2. The monoisotopic (exact) mass is 305 g/mol. The van der Waals surface area contributed by atoms with Gasteiger partial charge in [-0.2, -0.15) is 5.10 Å². The summed E-state index contributed by atoms with van der Waals surface area (Å²) in [5, 5.41) is 7.19. The fourth-order valence-corrected chi connectivity index (χ4v) is 2.97. The summed E-state index contributed by atoms with van der Waals surface area (Å²) in [5.41, 5.74) is 0.906. The largest absolute Gasteiger partial charge is 0.486 e. The molecule has 0 aliphatic carbocycles. The number of hydrogen-bond acceptors (Lipinski definition) is 5. The van der Waals surface area contributed by atoms with E-state index in [0.29, 0.717) is 18.0 Å². The zero-order chi connectivity index (χ0) is 14.2. The summed E-state index contributed by atoms with van der Waals surface area (Å²) in [6.07, 6.45) is 2.00. The zero-order valence-electron chi connectivity index (χ0n) is 11.4. The lowest BCUT2D eigenvalue weighted by molar-refractivity contribution is 0.103. The van der Waals surface area contributed by atoms with Crippen molar-refractivity contribution >= 4 is 12.2 Å². The van der Waals surface area contributed by atoms with E-state index in [1.807, 2.05) is 22.8 Å². The van der Waals surface area contributed by atoms with Crippen LogP contribution in [0, 0.1) is 4.77 Å². The highest BCUT2D eigenvalue weighted by molar-refractivity contribution is 7.71. The van der Waals surface area contributed by atoms with Crippen LogP contribution in [0.1, 0.15) is 24.8 Å². The first kappa shape index (κ1) is 12.8. The minimum absolute atomic E-state index is 0.00819. The first-order chi connectivity index (χ1) is 10.3. The van der Waals surface area contributed by atoms with Crippen molar-refractivity contribution in [2.24, 2.45) is 0 Å². The second kappa shape index (κ2) is 5.16. The summed E-state index contributed by atoms with van der Waals surface area (Å²) in [6.45, 7) is 1.91. The molecule has 0 radical (unpaired) electrons. The molecule has 1 atom stereocenters. The van der Waals surface area contributed by atoms with Gasteiger partial charge in [0.15, 0.2) is 22.1 Å². The molecular weight excluding hydrogens is 290 g/mol. The van der Waals surface area contributed by atoms with Crippen LogP contribution in [0.25, 0.3) is 5.69 Å². The number of aromatic amines is 1. The Hall–Kier alpha value is -1.86. The highest BCUT2D eigenvalue weighted by Crippen LogP contribution is 2.34. The van der Waals surface area contributed by atoms with Gasteiger partial charge in [-0.05, 0) is 37.2 Å². The Kier molecular flexibility index (Phi) is 3.16. The van der Waals surface area contributed by atoms with Crippen molar-refractivity contribution in [1.29, 1.82) is 0 Å². The Morgan fingerprint density at radius 1 is 1.19 bits per heavy atom. The van der Waals surface area contributed by atoms with Crippen LogP contribution in [0.15, 0.2) is 18.2 Å². The molecule has 2 aromatic rings. The number of fused-ring (bicyclic) bond motifs is 1. The molecule has 110 valence electrons.